The van der Waals surface area contributed by atoms with E-state index in [1.807, 2.05) is 73.9 Å². The fourth-order valence-corrected chi connectivity index (χ4v) is 4.29. The van der Waals surface area contributed by atoms with Gasteiger partial charge < -0.3 is 15.2 Å². The van der Waals surface area contributed by atoms with Crippen LogP contribution in [-0.4, -0.2) is 32.3 Å². The summed E-state index contributed by atoms with van der Waals surface area (Å²) in [5.74, 6) is 0.660. The van der Waals surface area contributed by atoms with Gasteiger partial charge in [-0.3, -0.25) is 9.59 Å². The zero-order chi connectivity index (χ0) is 24.5. The van der Waals surface area contributed by atoms with Crippen molar-refractivity contribution in [3.05, 3.63) is 90.3 Å². The molecule has 0 unspecified atom stereocenters. The molecule has 2 atom stereocenters. The van der Waals surface area contributed by atoms with Gasteiger partial charge in [-0.15, -0.1) is 16.8 Å². The van der Waals surface area contributed by atoms with Crippen LogP contribution in [0.3, 0.4) is 0 Å². The van der Waals surface area contributed by atoms with Crippen molar-refractivity contribution in [2.75, 3.05) is 5.75 Å². The predicted molar refractivity (Wildman–Crippen MR) is 135 cm³/mol. The molecule has 2 aromatic carbocycles. The van der Waals surface area contributed by atoms with E-state index in [1.165, 1.54) is 11.8 Å². The van der Waals surface area contributed by atoms with Crippen molar-refractivity contribution in [2.45, 2.75) is 44.6 Å². The summed E-state index contributed by atoms with van der Waals surface area (Å²) in [6.45, 7) is 10.3. The molecule has 0 bridgehead atoms. The quantitative estimate of drug-likeness (QED) is 0.312. The smallest absolute Gasteiger partial charge is 0.251 e. The maximum atomic E-state index is 12.8. The zero-order valence-electron chi connectivity index (χ0n) is 19.8. The average molecular weight is 478 g/mol. The van der Waals surface area contributed by atoms with Gasteiger partial charge in [-0.25, -0.2) is 0 Å². The van der Waals surface area contributed by atoms with E-state index in [0.29, 0.717) is 23.1 Å². The molecular formula is C26H31N5O2S. The highest BCUT2D eigenvalue weighted by Crippen LogP contribution is 2.26. The molecule has 0 aliphatic carbocycles. The van der Waals surface area contributed by atoms with Gasteiger partial charge in [0, 0.05) is 12.1 Å². The maximum Gasteiger partial charge on any atom is 0.251 e. The second-order valence-electron chi connectivity index (χ2n) is 8.29. The van der Waals surface area contributed by atoms with Gasteiger partial charge in [0.1, 0.15) is 0 Å². The number of hydrogen-bond donors (Lipinski definition) is 2. The molecule has 0 aliphatic heterocycles. The van der Waals surface area contributed by atoms with Crippen LogP contribution in [0.1, 0.15) is 54.6 Å². The van der Waals surface area contributed by atoms with Gasteiger partial charge >= 0.3 is 0 Å². The third-order valence-corrected chi connectivity index (χ3v) is 6.30. The van der Waals surface area contributed by atoms with Gasteiger partial charge in [-0.1, -0.05) is 80.2 Å². The second kappa shape index (κ2) is 12.2. The topological polar surface area (TPSA) is 88.9 Å². The Morgan fingerprint density at radius 1 is 1.00 bits per heavy atom. The fourth-order valence-electron chi connectivity index (χ4n) is 3.52. The van der Waals surface area contributed by atoms with Crippen molar-refractivity contribution in [1.29, 1.82) is 0 Å². The standard InChI is InChI=1S/C26H31N5O2S/c1-5-16-31-24(23(18(2)3)28-25(33)21-14-10-7-11-15-21)29-30-26(31)34-17-22(32)27-19(4)20-12-8-6-9-13-20/h5-15,18-19,23H,1,16-17H2,2-4H3,(H,27,32)(H,28,33)/t19-,23+/m1/s1. The average Bonchev–Trinajstić information content (AvgIpc) is 3.24. The van der Waals surface area contributed by atoms with E-state index in [2.05, 4.69) is 27.4 Å². The van der Waals surface area contributed by atoms with Crippen molar-refractivity contribution < 1.29 is 9.59 Å². The number of rotatable bonds is 11. The molecule has 1 heterocycles. The second-order valence-corrected chi connectivity index (χ2v) is 9.23. The molecule has 0 saturated heterocycles. The van der Waals surface area contributed by atoms with E-state index in [4.69, 9.17) is 0 Å². The first kappa shape index (κ1) is 25.2. The number of nitrogens with zero attached hydrogens (tertiary/aromatic N) is 3. The minimum atomic E-state index is -0.346. The molecule has 2 amide bonds. The fraction of sp³-hybridized carbons (Fsp3) is 0.308. The van der Waals surface area contributed by atoms with Gasteiger partial charge in [0.15, 0.2) is 11.0 Å². The normalized spacial score (nSPS) is 12.7. The molecule has 178 valence electrons. The Balaban J connectivity index is 1.71. The van der Waals surface area contributed by atoms with E-state index in [0.717, 1.165) is 5.56 Å². The van der Waals surface area contributed by atoms with Crippen molar-refractivity contribution in [3.8, 4) is 0 Å². The summed E-state index contributed by atoms with van der Waals surface area (Å²) in [5.41, 5.74) is 1.63. The molecule has 3 aromatic rings. The van der Waals surface area contributed by atoms with Gasteiger partial charge in [0.2, 0.25) is 5.91 Å². The summed E-state index contributed by atoms with van der Waals surface area (Å²) < 4.78 is 1.90. The summed E-state index contributed by atoms with van der Waals surface area (Å²) in [4.78, 5) is 25.4. The van der Waals surface area contributed by atoms with Crippen LogP contribution in [0.2, 0.25) is 0 Å². The van der Waals surface area contributed by atoms with Crippen LogP contribution >= 0.6 is 11.8 Å². The maximum absolute atomic E-state index is 12.8. The highest BCUT2D eigenvalue weighted by Gasteiger charge is 2.26. The largest absolute Gasteiger partial charge is 0.349 e. The molecule has 0 radical (unpaired) electrons. The first-order chi connectivity index (χ1) is 16.4. The number of amides is 2. The SMILES string of the molecule is C=CCn1c(SCC(=O)N[C@H](C)c2ccccc2)nnc1[C@@H](NC(=O)c1ccccc1)C(C)C. The van der Waals surface area contributed by atoms with Crippen LogP contribution in [-0.2, 0) is 11.3 Å². The molecule has 3 rings (SSSR count). The first-order valence-electron chi connectivity index (χ1n) is 11.3. The summed E-state index contributed by atoms with van der Waals surface area (Å²) >= 11 is 1.31. The van der Waals surface area contributed by atoms with E-state index < -0.39 is 0 Å². The van der Waals surface area contributed by atoms with Gasteiger partial charge in [-0.2, -0.15) is 0 Å². The molecule has 0 saturated carbocycles. The lowest BCUT2D eigenvalue weighted by Gasteiger charge is -2.22. The Labute approximate surface area is 205 Å². The lowest BCUT2D eigenvalue weighted by atomic mass is 10.0. The number of thioether (sulfide) groups is 1. The summed E-state index contributed by atoms with van der Waals surface area (Å²) in [5, 5.41) is 15.4. The van der Waals surface area contributed by atoms with Crippen LogP contribution in [0.15, 0.2) is 78.5 Å². The molecule has 34 heavy (non-hydrogen) atoms. The molecular weight excluding hydrogens is 446 g/mol. The summed E-state index contributed by atoms with van der Waals surface area (Å²) in [6.07, 6.45) is 1.75. The lowest BCUT2D eigenvalue weighted by Crippen LogP contribution is -2.33. The molecule has 0 fully saturated rings. The third kappa shape index (κ3) is 6.57. The number of benzene rings is 2. The molecule has 8 heteroatoms. The minimum Gasteiger partial charge on any atom is -0.349 e. The Bertz CT molecular complexity index is 1100. The molecule has 1 aromatic heterocycles. The van der Waals surface area contributed by atoms with Crippen LogP contribution in [0.25, 0.3) is 0 Å². The predicted octanol–water partition coefficient (Wildman–Crippen LogP) is 4.56. The zero-order valence-corrected chi connectivity index (χ0v) is 20.6. The van der Waals surface area contributed by atoms with Crippen molar-refractivity contribution in [3.63, 3.8) is 0 Å². The third-order valence-electron chi connectivity index (χ3n) is 5.33. The van der Waals surface area contributed by atoms with Gasteiger partial charge in [-0.05, 0) is 30.5 Å². The van der Waals surface area contributed by atoms with E-state index in [1.54, 1.807) is 18.2 Å². The van der Waals surface area contributed by atoms with Crippen LogP contribution < -0.4 is 10.6 Å². The Morgan fingerprint density at radius 2 is 1.65 bits per heavy atom. The number of carbonyl (C=O) groups excluding carboxylic acids is 2. The lowest BCUT2D eigenvalue weighted by molar-refractivity contribution is -0.119. The summed E-state index contributed by atoms with van der Waals surface area (Å²) in [7, 11) is 0. The molecule has 0 aliphatic rings. The molecule has 2 N–H and O–H groups in total. The van der Waals surface area contributed by atoms with Crippen LogP contribution in [0.5, 0.6) is 0 Å². The Hall–Kier alpha value is -3.39. The number of allylic oxidation sites excluding steroid dienone is 1. The minimum absolute atomic E-state index is 0.0771. The molecule has 7 nitrogen and oxygen atoms in total. The molecule has 0 spiro atoms. The number of hydrogen-bond acceptors (Lipinski definition) is 5. The number of nitrogens with one attached hydrogen (secondary N) is 2. The van der Waals surface area contributed by atoms with E-state index in [9.17, 15) is 9.59 Å². The highest BCUT2D eigenvalue weighted by molar-refractivity contribution is 7.99. The van der Waals surface area contributed by atoms with E-state index >= 15 is 0 Å². The van der Waals surface area contributed by atoms with Gasteiger partial charge in [0.05, 0.1) is 17.8 Å². The van der Waals surface area contributed by atoms with Crippen LogP contribution in [0.4, 0.5) is 0 Å². The van der Waals surface area contributed by atoms with Gasteiger partial charge in [0.25, 0.3) is 5.91 Å². The monoisotopic (exact) mass is 477 g/mol. The summed E-state index contributed by atoms with van der Waals surface area (Å²) in [6, 6.07) is 18.5. The Kier molecular flexibility index (Phi) is 9.04. The number of aromatic nitrogens is 3. The van der Waals surface area contributed by atoms with Crippen molar-refractivity contribution in [1.82, 2.24) is 25.4 Å². The van der Waals surface area contributed by atoms with Crippen molar-refractivity contribution in [2.24, 2.45) is 5.92 Å². The number of carbonyl (C=O) groups is 2. The first-order valence-corrected chi connectivity index (χ1v) is 12.3. The Morgan fingerprint density at radius 3 is 2.26 bits per heavy atom. The highest BCUT2D eigenvalue weighted by atomic mass is 32.2. The van der Waals surface area contributed by atoms with Crippen molar-refractivity contribution >= 4 is 23.6 Å². The van der Waals surface area contributed by atoms with Crippen LogP contribution in [0, 0.1) is 5.92 Å². The van der Waals surface area contributed by atoms with E-state index in [-0.39, 0.29) is 35.6 Å².